The van der Waals surface area contributed by atoms with Crippen LogP contribution < -0.4 is 10.6 Å². The summed E-state index contributed by atoms with van der Waals surface area (Å²) < 4.78 is 13.4. The van der Waals surface area contributed by atoms with E-state index in [1.807, 2.05) is 0 Å². The van der Waals surface area contributed by atoms with Crippen molar-refractivity contribution in [3.8, 4) is 6.07 Å². The Morgan fingerprint density at radius 1 is 1.31 bits per heavy atom. The predicted molar refractivity (Wildman–Crippen MR) is 90.7 cm³/mol. The number of nitrogens with zero attached hydrogens (tertiary/aromatic N) is 4. The number of carbonyl (C=O) groups excluding carboxylic acids is 1. The summed E-state index contributed by atoms with van der Waals surface area (Å²) in [5, 5.41) is 16.3. The molecular weight excluding hydrogens is 335 g/mol. The van der Waals surface area contributed by atoms with E-state index in [2.05, 4.69) is 21.3 Å². The Kier molecular flexibility index (Phi) is 3.77. The summed E-state index contributed by atoms with van der Waals surface area (Å²) in [6, 6.07) is 7.93. The van der Waals surface area contributed by atoms with Gasteiger partial charge in [0.15, 0.2) is 5.78 Å². The Morgan fingerprint density at radius 3 is 2.73 bits per heavy atom. The molecule has 1 unspecified atom stereocenters. The summed E-state index contributed by atoms with van der Waals surface area (Å²) in [5.41, 5.74) is 8.44. The van der Waals surface area contributed by atoms with Gasteiger partial charge >= 0.3 is 0 Å². The summed E-state index contributed by atoms with van der Waals surface area (Å²) in [4.78, 5) is 18.5. The number of nitrogens with one attached hydrogen (secondary N) is 1. The highest BCUT2D eigenvalue weighted by Gasteiger charge is 2.40. The van der Waals surface area contributed by atoms with Gasteiger partial charge in [0, 0.05) is 17.7 Å². The minimum absolute atomic E-state index is 0.0367. The number of Topliss-reactive ketones (excluding diaryl/α,β-unsaturated/α-hetero) is 1. The smallest absolute Gasteiger partial charge is 0.231 e. The first kappa shape index (κ1) is 16.0. The lowest BCUT2D eigenvalue weighted by atomic mass is 9.76. The molecule has 0 saturated heterocycles. The molecule has 0 spiro atoms. The number of rotatable bonds is 2. The zero-order chi connectivity index (χ0) is 18.3. The van der Waals surface area contributed by atoms with Crippen molar-refractivity contribution in [1.29, 1.82) is 5.26 Å². The van der Waals surface area contributed by atoms with Gasteiger partial charge in [-0.2, -0.15) is 15.3 Å². The van der Waals surface area contributed by atoms with E-state index in [9.17, 15) is 14.4 Å². The molecule has 130 valence electrons. The van der Waals surface area contributed by atoms with E-state index < -0.39 is 5.92 Å². The van der Waals surface area contributed by atoms with Gasteiger partial charge in [-0.05, 0) is 30.5 Å². The highest BCUT2D eigenvalue weighted by atomic mass is 19.1. The predicted octanol–water partition coefficient (Wildman–Crippen LogP) is 2.25. The molecule has 26 heavy (non-hydrogen) atoms. The summed E-state index contributed by atoms with van der Waals surface area (Å²) in [5.74, 6) is -0.470. The number of allylic oxidation sites excluding steroid dienone is 3. The summed E-state index contributed by atoms with van der Waals surface area (Å²) in [6.07, 6.45) is 3.05. The Balaban J connectivity index is 1.96. The first-order valence-electron chi connectivity index (χ1n) is 8.18. The molecule has 1 aromatic carbocycles. The lowest BCUT2D eigenvalue weighted by Gasteiger charge is -2.38. The second-order valence-electron chi connectivity index (χ2n) is 6.18. The molecule has 0 radical (unpaired) electrons. The van der Waals surface area contributed by atoms with Crippen LogP contribution >= 0.6 is 0 Å². The third kappa shape index (κ3) is 2.37. The molecule has 8 heteroatoms. The van der Waals surface area contributed by atoms with E-state index in [1.165, 1.54) is 18.5 Å². The average molecular weight is 350 g/mol. The van der Waals surface area contributed by atoms with Crippen LogP contribution in [0.5, 0.6) is 0 Å². The van der Waals surface area contributed by atoms with Crippen LogP contribution in [-0.4, -0.2) is 21.0 Å². The van der Waals surface area contributed by atoms with Crippen molar-refractivity contribution in [2.24, 2.45) is 5.73 Å². The second-order valence-corrected chi connectivity index (χ2v) is 6.18. The minimum Gasteiger partial charge on any atom is -0.384 e. The van der Waals surface area contributed by atoms with Crippen LogP contribution in [0.15, 0.2) is 53.3 Å². The number of hydrogen-bond donors (Lipinski definition) is 2. The van der Waals surface area contributed by atoms with Crippen LogP contribution in [0.25, 0.3) is 0 Å². The Bertz CT molecular complexity index is 968. The number of ketones is 1. The Labute approximate surface area is 148 Å². The van der Waals surface area contributed by atoms with Gasteiger partial charge in [-0.3, -0.25) is 9.69 Å². The number of aromatic amines is 1. The highest BCUT2D eigenvalue weighted by molar-refractivity contribution is 6.01. The number of nitrogens with two attached hydrogens (primary N) is 1. The lowest BCUT2D eigenvalue weighted by Crippen LogP contribution is -2.39. The van der Waals surface area contributed by atoms with Crippen molar-refractivity contribution >= 4 is 11.7 Å². The molecule has 0 amide bonds. The van der Waals surface area contributed by atoms with Crippen LogP contribution in [0, 0.1) is 17.1 Å². The minimum atomic E-state index is -0.609. The van der Waals surface area contributed by atoms with E-state index in [1.54, 1.807) is 17.0 Å². The third-order valence-electron chi connectivity index (χ3n) is 4.73. The van der Waals surface area contributed by atoms with Crippen molar-refractivity contribution in [2.45, 2.75) is 25.2 Å². The van der Waals surface area contributed by atoms with Gasteiger partial charge in [0.2, 0.25) is 5.95 Å². The fourth-order valence-corrected chi connectivity index (χ4v) is 3.62. The van der Waals surface area contributed by atoms with E-state index in [0.717, 1.165) is 0 Å². The van der Waals surface area contributed by atoms with Gasteiger partial charge in [-0.25, -0.2) is 9.49 Å². The number of hydrogen-bond acceptors (Lipinski definition) is 6. The van der Waals surface area contributed by atoms with Gasteiger partial charge in [0.1, 0.15) is 18.0 Å². The molecule has 0 saturated carbocycles. The third-order valence-corrected chi connectivity index (χ3v) is 4.73. The molecule has 2 heterocycles. The number of nitriles is 1. The van der Waals surface area contributed by atoms with Crippen molar-refractivity contribution in [3.63, 3.8) is 0 Å². The number of aromatic nitrogens is 3. The van der Waals surface area contributed by atoms with Crippen LogP contribution in [0.3, 0.4) is 0 Å². The number of carbonyl (C=O) groups is 1. The number of benzene rings is 1. The van der Waals surface area contributed by atoms with Crippen LogP contribution in [0.4, 0.5) is 10.3 Å². The molecule has 2 aliphatic rings. The SMILES string of the molecule is N#CC1=C(N)N(c2ncn[nH]2)C2=C(C(=O)CCC2)C1c1ccc(F)cc1. The summed E-state index contributed by atoms with van der Waals surface area (Å²) in [6.45, 7) is 0. The van der Waals surface area contributed by atoms with Gasteiger partial charge < -0.3 is 5.73 Å². The maximum Gasteiger partial charge on any atom is 0.231 e. The quantitative estimate of drug-likeness (QED) is 0.859. The average Bonchev–Trinajstić information content (AvgIpc) is 3.16. The highest BCUT2D eigenvalue weighted by Crippen LogP contribution is 2.45. The van der Waals surface area contributed by atoms with Crippen molar-refractivity contribution < 1.29 is 9.18 Å². The fourth-order valence-electron chi connectivity index (χ4n) is 3.62. The zero-order valence-electron chi connectivity index (χ0n) is 13.7. The summed E-state index contributed by atoms with van der Waals surface area (Å²) in [7, 11) is 0. The first-order chi connectivity index (χ1) is 12.6. The van der Waals surface area contributed by atoms with E-state index in [0.29, 0.717) is 42.0 Å². The van der Waals surface area contributed by atoms with E-state index in [-0.39, 0.29) is 23.0 Å². The molecule has 0 fully saturated rings. The van der Waals surface area contributed by atoms with Crippen molar-refractivity contribution in [3.05, 3.63) is 64.6 Å². The first-order valence-corrected chi connectivity index (χ1v) is 8.18. The van der Waals surface area contributed by atoms with Gasteiger partial charge in [-0.15, -0.1) is 0 Å². The largest absolute Gasteiger partial charge is 0.384 e. The molecule has 1 aliphatic heterocycles. The topological polar surface area (TPSA) is 112 Å². The zero-order valence-corrected chi connectivity index (χ0v) is 13.7. The fraction of sp³-hybridized carbons (Fsp3) is 0.222. The summed E-state index contributed by atoms with van der Waals surface area (Å²) >= 11 is 0. The molecule has 1 aromatic heterocycles. The molecule has 4 rings (SSSR count). The lowest BCUT2D eigenvalue weighted by molar-refractivity contribution is -0.116. The standard InChI is InChI=1S/C18H15FN6O/c19-11-6-4-10(5-7-11)15-12(8-20)17(21)25(18-22-9-23-24-18)13-2-1-3-14(26)16(13)15/h4-7,9,15H,1-3,21H2,(H,22,23,24). The van der Waals surface area contributed by atoms with Crippen molar-refractivity contribution in [2.75, 3.05) is 4.90 Å². The van der Waals surface area contributed by atoms with Crippen LogP contribution in [0.1, 0.15) is 30.7 Å². The van der Waals surface area contributed by atoms with Crippen LogP contribution in [-0.2, 0) is 4.79 Å². The monoisotopic (exact) mass is 350 g/mol. The maximum absolute atomic E-state index is 13.4. The molecule has 1 atom stereocenters. The second kappa shape index (κ2) is 6.11. The number of anilines is 1. The molecule has 3 N–H and O–H groups in total. The number of H-pyrrole nitrogens is 1. The molecule has 1 aliphatic carbocycles. The molecule has 7 nitrogen and oxygen atoms in total. The van der Waals surface area contributed by atoms with E-state index in [4.69, 9.17) is 5.73 Å². The Morgan fingerprint density at radius 2 is 2.08 bits per heavy atom. The van der Waals surface area contributed by atoms with Gasteiger partial charge in [0.25, 0.3) is 0 Å². The molecule has 2 aromatic rings. The molecule has 0 bridgehead atoms. The van der Waals surface area contributed by atoms with Gasteiger partial charge in [-0.1, -0.05) is 12.1 Å². The van der Waals surface area contributed by atoms with E-state index >= 15 is 0 Å². The normalized spacial score (nSPS) is 20.2. The van der Waals surface area contributed by atoms with Crippen molar-refractivity contribution in [1.82, 2.24) is 15.2 Å². The van der Waals surface area contributed by atoms with Gasteiger partial charge in [0.05, 0.1) is 17.6 Å². The van der Waals surface area contributed by atoms with Crippen LogP contribution in [0.2, 0.25) is 0 Å². The molecular formula is C18H15FN6O. The Hall–Kier alpha value is -3.47. The maximum atomic E-state index is 13.4. The number of halogens is 1.